The lowest BCUT2D eigenvalue weighted by Gasteiger charge is -2.22. The van der Waals surface area contributed by atoms with Gasteiger partial charge in [-0.15, -0.1) is 6.58 Å². The third kappa shape index (κ3) is 7.71. The fraction of sp³-hybridized carbons (Fsp3) is 0.667. The first-order valence-corrected chi connectivity index (χ1v) is 6.64. The molecule has 5 nitrogen and oxygen atoms in total. The molecule has 0 saturated heterocycles. The molecule has 0 radical (unpaired) electrons. The summed E-state index contributed by atoms with van der Waals surface area (Å²) in [5, 5.41) is 0. The molecule has 0 spiro atoms. The number of carbonyl (C=O) groups is 3. The first-order valence-electron chi connectivity index (χ1n) is 6.64. The molecule has 0 aromatic carbocycles. The van der Waals surface area contributed by atoms with E-state index in [4.69, 9.17) is 4.74 Å². The average Bonchev–Trinajstić information content (AvgIpc) is 2.33. The molecule has 0 heterocycles. The smallest absolute Gasteiger partial charge is 0.320 e. The summed E-state index contributed by atoms with van der Waals surface area (Å²) in [6.07, 6.45) is 2.87. The second-order valence-corrected chi connectivity index (χ2v) is 5.51. The molecule has 5 heteroatoms. The molecular formula is C15H24O5. The summed E-state index contributed by atoms with van der Waals surface area (Å²) in [6, 6.07) is 0. The number of carbonyl (C=O) groups excluding carboxylic acids is 3. The van der Waals surface area contributed by atoms with Crippen LogP contribution in [0.25, 0.3) is 0 Å². The van der Waals surface area contributed by atoms with Gasteiger partial charge >= 0.3 is 11.9 Å². The summed E-state index contributed by atoms with van der Waals surface area (Å²) in [4.78, 5) is 35.1. The van der Waals surface area contributed by atoms with E-state index in [-0.39, 0.29) is 18.6 Å². The molecule has 0 N–H and O–H groups in total. The van der Waals surface area contributed by atoms with Crippen molar-refractivity contribution in [3.8, 4) is 0 Å². The molecule has 0 amide bonds. The van der Waals surface area contributed by atoms with Crippen molar-refractivity contribution in [1.82, 2.24) is 0 Å². The number of hydrogen-bond donors (Lipinski definition) is 0. The van der Waals surface area contributed by atoms with E-state index in [2.05, 4.69) is 11.3 Å². The highest BCUT2D eigenvalue weighted by atomic mass is 16.6. The van der Waals surface area contributed by atoms with E-state index in [1.807, 2.05) is 0 Å². The minimum atomic E-state index is -1.05. The van der Waals surface area contributed by atoms with Gasteiger partial charge < -0.3 is 9.47 Å². The van der Waals surface area contributed by atoms with Gasteiger partial charge in [-0.3, -0.25) is 14.4 Å². The van der Waals surface area contributed by atoms with Crippen LogP contribution >= 0.6 is 0 Å². The average molecular weight is 284 g/mol. The van der Waals surface area contributed by atoms with Gasteiger partial charge in [-0.25, -0.2) is 0 Å². The Morgan fingerprint density at radius 2 is 1.75 bits per heavy atom. The number of rotatable bonds is 8. The molecule has 0 aliphatic carbocycles. The Hall–Kier alpha value is -1.65. The van der Waals surface area contributed by atoms with Crippen LogP contribution in [0.5, 0.6) is 0 Å². The van der Waals surface area contributed by atoms with Crippen molar-refractivity contribution in [3.63, 3.8) is 0 Å². The van der Waals surface area contributed by atoms with Crippen molar-refractivity contribution < 1.29 is 23.9 Å². The largest absolute Gasteiger partial charge is 0.468 e. The molecule has 1 atom stereocenters. The van der Waals surface area contributed by atoms with Crippen LogP contribution in [0, 0.1) is 5.92 Å². The standard InChI is InChI=1S/C15H24O5/c1-6-7-8-11(16)9-10-12(13(17)19-5)14(18)20-15(2,3)4/h6,12H,1,7-10H2,2-5H3. The van der Waals surface area contributed by atoms with E-state index >= 15 is 0 Å². The van der Waals surface area contributed by atoms with E-state index in [0.717, 1.165) is 0 Å². The second-order valence-electron chi connectivity index (χ2n) is 5.51. The molecule has 0 aromatic heterocycles. The first kappa shape index (κ1) is 18.4. The Bertz CT molecular complexity index is 365. The number of ketones is 1. The zero-order valence-corrected chi connectivity index (χ0v) is 12.7. The van der Waals surface area contributed by atoms with Gasteiger partial charge in [0.2, 0.25) is 0 Å². The maximum Gasteiger partial charge on any atom is 0.320 e. The summed E-state index contributed by atoms with van der Waals surface area (Å²) in [7, 11) is 1.21. The quantitative estimate of drug-likeness (QED) is 0.389. The SMILES string of the molecule is C=CCCC(=O)CCC(C(=O)OC)C(=O)OC(C)(C)C. The normalized spacial score (nSPS) is 12.4. The third-order valence-corrected chi connectivity index (χ3v) is 2.52. The highest BCUT2D eigenvalue weighted by Crippen LogP contribution is 2.17. The van der Waals surface area contributed by atoms with Gasteiger partial charge in [0, 0.05) is 12.8 Å². The molecule has 0 fully saturated rings. The Labute approximate surface area is 120 Å². The van der Waals surface area contributed by atoms with Crippen LogP contribution in [0.15, 0.2) is 12.7 Å². The Kier molecular flexibility index (Phi) is 7.80. The molecule has 0 aliphatic rings. The highest BCUT2D eigenvalue weighted by Gasteiger charge is 2.32. The lowest BCUT2D eigenvalue weighted by atomic mass is 9.99. The summed E-state index contributed by atoms with van der Waals surface area (Å²) in [6.45, 7) is 8.69. The number of hydrogen-bond acceptors (Lipinski definition) is 5. The van der Waals surface area contributed by atoms with Crippen molar-refractivity contribution in [2.75, 3.05) is 7.11 Å². The molecular weight excluding hydrogens is 260 g/mol. The number of methoxy groups -OCH3 is 1. The van der Waals surface area contributed by atoms with E-state index < -0.39 is 23.5 Å². The molecule has 0 bridgehead atoms. The molecule has 0 rings (SSSR count). The molecule has 0 aliphatic heterocycles. The summed E-state index contributed by atoms with van der Waals surface area (Å²) >= 11 is 0. The summed E-state index contributed by atoms with van der Waals surface area (Å²) in [5.74, 6) is -2.38. The van der Waals surface area contributed by atoms with Gasteiger partial charge in [-0.2, -0.15) is 0 Å². The van der Waals surface area contributed by atoms with Gasteiger partial charge in [0.15, 0.2) is 5.92 Å². The van der Waals surface area contributed by atoms with Crippen molar-refractivity contribution in [2.24, 2.45) is 5.92 Å². The van der Waals surface area contributed by atoms with Gasteiger partial charge in [0.05, 0.1) is 7.11 Å². The van der Waals surface area contributed by atoms with Crippen molar-refractivity contribution in [3.05, 3.63) is 12.7 Å². The Morgan fingerprint density at radius 3 is 2.20 bits per heavy atom. The maximum atomic E-state index is 11.9. The fourth-order valence-corrected chi connectivity index (χ4v) is 1.54. The fourth-order valence-electron chi connectivity index (χ4n) is 1.54. The molecule has 1 unspecified atom stereocenters. The minimum absolute atomic E-state index is 0.0117. The zero-order valence-electron chi connectivity index (χ0n) is 12.7. The Morgan fingerprint density at radius 1 is 1.15 bits per heavy atom. The zero-order chi connectivity index (χ0) is 15.8. The van der Waals surface area contributed by atoms with Crippen LogP contribution < -0.4 is 0 Å². The number of allylic oxidation sites excluding steroid dienone is 1. The Balaban J connectivity index is 4.58. The van der Waals surface area contributed by atoms with Crippen LogP contribution in [-0.2, 0) is 23.9 Å². The van der Waals surface area contributed by atoms with Gasteiger partial charge in [-0.05, 0) is 33.6 Å². The van der Waals surface area contributed by atoms with Crippen LogP contribution in [0.1, 0.15) is 46.5 Å². The highest BCUT2D eigenvalue weighted by molar-refractivity contribution is 5.95. The molecule has 20 heavy (non-hydrogen) atoms. The predicted octanol–water partition coefficient (Wildman–Crippen LogP) is 2.43. The van der Waals surface area contributed by atoms with E-state index in [1.54, 1.807) is 26.8 Å². The van der Waals surface area contributed by atoms with Crippen LogP contribution in [0.3, 0.4) is 0 Å². The maximum absolute atomic E-state index is 11.9. The third-order valence-electron chi connectivity index (χ3n) is 2.52. The van der Waals surface area contributed by atoms with Gasteiger partial charge in [0.25, 0.3) is 0 Å². The lowest BCUT2D eigenvalue weighted by molar-refractivity contribution is -0.168. The van der Waals surface area contributed by atoms with E-state index in [9.17, 15) is 14.4 Å². The summed E-state index contributed by atoms with van der Waals surface area (Å²) in [5.41, 5.74) is -0.684. The summed E-state index contributed by atoms with van der Waals surface area (Å²) < 4.78 is 9.76. The van der Waals surface area contributed by atoms with Crippen LogP contribution in [-0.4, -0.2) is 30.4 Å². The molecule has 0 saturated carbocycles. The lowest BCUT2D eigenvalue weighted by Crippen LogP contribution is -2.33. The van der Waals surface area contributed by atoms with Crippen molar-refractivity contribution >= 4 is 17.7 Å². The monoisotopic (exact) mass is 284 g/mol. The number of Topliss-reactive ketones (excluding diaryl/α,β-unsaturated/α-hetero) is 1. The minimum Gasteiger partial charge on any atom is -0.468 e. The second kappa shape index (κ2) is 8.51. The molecule has 0 aromatic rings. The van der Waals surface area contributed by atoms with Crippen LogP contribution in [0.4, 0.5) is 0 Å². The van der Waals surface area contributed by atoms with E-state index in [1.165, 1.54) is 7.11 Å². The van der Waals surface area contributed by atoms with E-state index in [0.29, 0.717) is 12.8 Å². The topological polar surface area (TPSA) is 69.7 Å². The predicted molar refractivity (Wildman–Crippen MR) is 75.0 cm³/mol. The van der Waals surface area contributed by atoms with Gasteiger partial charge in [0.1, 0.15) is 11.4 Å². The van der Waals surface area contributed by atoms with Gasteiger partial charge in [-0.1, -0.05) is 6.08 Å². The van der Waals surface area contributed by atoms with Crippen molar-refractivity contribution in [2.45, 2.75) is 52.1 Å². The van der Waals surface area contributed by atoms with Crippen molar-refractivity contribution in [1.29, 1.82) is 0 Å². The van der Waals surface area contributed by atoms with Crippen LogP contribution in [0.2, 0.25) is 0 Å². The molecule has 114 valence electrons. The number of esters is 2. The number of ether oxygens (including phenoxy) is 2. The first-order chi connectivity index (χ1) is 9.21.